The topological polar surface area (TPSA) is 108 Å². The lowest BCUT2D eigenvalue weighted by molar-refractivity contribution is -0.119. The van der Waals surface area contributed by atoms with Crippen LogP contribution in [0.2, 0.25) is 5.02 Å². The SMILES string of the molecule is Cc1ccnn1-c1ccc(NC(=O)[C@]2(NC(=O)Nc3ccc(Cl)cc3)C[C@@H]2CO)c(F)c1. The molecule has 32 heavy (non-hydrogen) atoms. The van der Waals surface area contributed by atoms with Gasteiger partial charge in [0.05, 0.1) is 11.4 Å². The number of amides is 3. The van der Waals surface area contributed by atoms with Crippen LogP contribution in [-0.4, -0.2) is 39.0 Å². The van der Waals surface area contributed by atoms with Crippen LogP contribution >= 0.6 is 11.6 Å². The summed E-state index contributed by atoms with van der Waals surface area (Å²) in [5.74, 6) is -1.73. The largest absolute Gasteiger partial charge is 0.396 e. The van der Waals surface area contributed by atoms with Gasteiger partial charge in [0.25, 0.3) is 5.91 Å². The van der Waals surface area contributed by atoms with Gasteiger partial charge in [0.2, 0.25) is 0 Å². The van der Waals surface area contributed by atoms with E-state index >= 15 is 0 Å². The molecular formula is C22H21ClFN5O3. The number of aliphatic hydroxyl groups excluding tert-OH is 1. The van der Waals surface area contributed by atoms with Crippen molar-refractivity contribution in [3.63, 3.8) is 0 Å². The number of anilines is 2. The first-order valence-electron chi connectivity index (χ1n) is 9.90. The third-order valence-corrected chi connectivity index (χ3v) is 5.70. The predicted octanol–water partition coefficient (Wildman–Crippen LogP) is 3.48. The van der Waals surface area contributed by atoms with Gasteiger partial charge in [-0.05, 0) is 55.8 Å². The normalized spacial score (nSPS) is 19.3. The van der Waals surface area contributed by atoms with Crippen molar-refractivity contribution < 1.29 is 19.1 Å². The number of urea groups is 1. The first-order valence-corrected chi connectivity index (χ1v) is 10.3. The van der Waals surface area contributed by atoms with E-state index < -0.39 is 29.2 Å². The first-order chi connectivity index (χ1) is 15.3. The van der Waals surface area contributed by atoms with Gasteiger partial charge in [-0.15, -0.1) is 0 Å². The molecular weight excluding hydrogens is 437 g/mol. The number of benzene rings is 2. The van der Waals surface area contributed by atoms with Gasteiger partial charge in [-0.2, -0.15) is 5.10 Å². The number of aliphatic hydroxyl groups is 1. The molecule has 0 aliphatic heterocycles. The maximum Gasteiger partial charge on any atom is 0.320 e. The third kappa shape index (κ3) is 4.30. The molecule has 1 fully saturated rings. The Bertz CT molecular complexity index is 1170. The van der Waals surface area contributed by atoms with Crippen LogP contribution in [0.25, 0.3) is 5.69 Å². The van der Waals surface area contributed by atoms with E-state index in [1.165, 1.54) is 12.1 Å². The fourth-order valence-corrected chi connectivity index (χ4v) is 3.67. The highest BCUT2D eigenvalue weighted by Crippen LogP contribution is 2.44. The van der Waals surface area contributed by atoms with E-state index in [9.17, 15) is 19.1 Å². The second-order valence-corrected chi connectivity index (χ2v) is 8.08. The van der Waals surface area contributed by atoms with Crippen molar-refractivity contribution in [2.75, 3.05) is 17.2 Å². The molecule has 1 aliphatic rings. The van der Waals surface area contributed by atoms with Crippen LogP contribution in [0.1, 0.15) is 12.1 Å². The number of aryl methyl sites for hydroxylation is 1. The van der Waals surface area contributed by atoms with Crippen molar-refractivity contribution in [3.05, 3.63) is 71.3 Å². The molecule has 1 heterocycles. The summed E-state index contributed by atoms with van der Waals surface area (Å²) in [6.07, 6.45) is 1.84. The molecule has 1 aromatic heterocycles. The summed E-state index contributed by atoms with van der Waals surface area (Å²) in [7, 11) is 0. The molecule has 4 rings (SSSR count). The van der Waals surface area contributed by atoms with Crippen LogP contribution in [0.4, 0.5) is 20.6 Å². The minimum absolute atomic E-state index is 0.0357. The lowest BCUT2D eigenvalue weighted by Crippen LogP contribution is -2.49. The van der Waals surface area contributed by atoms with Crippen molar-refractivity contribution in [2.45, 2.75) is 18.9 Å². The number of aromatic nitrogens is 2. The van der Waals surface area contributed by atoms with E-state index in [4.69, 9.17) is 11.6 Å². The molecule has 166 valence electrons. The molecule has 1 aliphatic carbocycles. The van der Waals surface area contributed by atoms with Crippen molar-refractivity contribution >= 4 is 34.9 Å². The molecule has 0 radical (unpaired) electrons. The molecule has 10 heteroatoms. The molecule has 0 spiro atoms. The fourth-order valence-electron chi connectivity index (χ4n) is 3.55. The van der Waals surface area contributed by atoms with Gasteiger partial charge in [0.1, 0.15) is 11.4 Å². The van der Waals surface area contributed by atoms with E-state index in [0.717, 1.165) is 5.69 Å². The van der Waals surface area contributed by atoms with Gasteiger partial charge in [-0.25, -0.2) is 13.9 Å². The molecule has 4 N–H and O–H groups in total. The summed E-state index contributed by atoms with van der Waals surface area (Å²) in [5, 5.41) is 22.0. The maximum atomic E-state index is 14.7. The highest BCUT2D eigenvalue weighted by atomic mass is 35.5. The van der Waals surface area contributed by atoms with Crippen LogP contribution in [0.5, 0.6) is 0 Å². The molecule has 2 aromatic carbocycles. The Balaban J connectivity index is 1.47. The van der Waals surface area contributed by atoms with Gasteiger partial charge in [-0.3, -0.25) is 4.79 Å². The van der Waals surface area contributed by atoms with Crippen LogP contribution < -0.4 is 16.0 Å². The molecule has 0 bridgehead atoms. The quantitative estimate of drug-likeness (QED) is 0.454. The Hall–Kier alpha value is -3.43. The lowest BCUT2D eigenvalue weighted by atomic mass is 10.1. The van der Waals surface area contributed by atoms with Gasteiger partial charge < -0.3 is 21.1 Å². The highest BCUT2D eigenvalue weighted by Gasteiger charge is 2.61. The minimum Gasteiger partial charge on any atom is -0.396 e. The molecule has 1 saturated carbocycles. The number of nitrogens with zero attached hydrogens (tertiary/aromatic N) is 2. The van der Waals surface area contributed by atoms with Crippen molar-refractivity contribution in [1.82, 2.24) is 15.1 Å². The Labute approximate surface area is 188 Å². The van der Waals surface area contributed by atoms with E-state index in [1.807, 2.05) is 6.92 Å². The number of hydrogen-bond acceptors (Lipinski definition) is 4. The van der Waals surface area contributed by atoms with Crippen LogP contribution in [0.3, 0.4) is 0 Å². The molecule has 2 atom stereocenters. The number of carbonyl (C=O) groups is 2. The summed E-state index contributed by atoms with van der Waals surface area (Å²) < 4.78 is 16.3. The van der Waals surface area contributed by atoms with E-state index in [2.05, 4.69) is 21.0 Å². The van der Waals surface area contributed by atoms with Gasteiger partial charge in [-0.1, -0.05) is 11.6 Å². The predicted molar refractivity (Wildman–Crippen MR) is 118 cm³/mol. The standard InChI is InChI=1S/C22H21ClFN5O3/c1-13-8-9-25-29(13)17-6-7-19(18(24)10-17)27-20(31)22(11-14(22)12-30)28-21(32)26-16-4-2-15(23)3-5-16/h2-10,14,30H,11-12H2,1H3,(H,27,31)(H2,26,28,32)/t14-,22+/m1/s1. The zero-order chi connectivity index (χ0) is 22.9. The number of nitrogens with one attached hydrogen (secondary N) is 3. The first kappa shape index (κ1) is 21.8. The summed E-state index contributed by atoms with van der Waals surface area (Å²) in [4.78, 5) is 25.4. The lowest BCUT2D eigenvalue weighted by Gasteiger charge is -2.20. The number of halogens is 2. The van der Waals surface area contributed by atoms with E-state index in [0.29, 0.717) is 16.4 Å². The molecule has 3 amide bonds. The summed E-state index contributed by atoms with van der Waals surface area (Å²) in [6.45, 7) is 1.54. The highest BCUT2D eigenvalue weighted by molar-refractivity contribution is 6.30. The molecule has 0 saturated heterocycles. The van der Waals surface area contributed by atoms with Gasteiger partial charge >= 0.3 is 6.03 Å². The second-order valence-electron chi connectivity index (χ2n) is 7.64. The monoisotopic (exact) mass is 457 g/mol. The molecule has 3 aromatic rings. The summed E-state index contributed by atoms with van der Waals surface area (Å²) >= 11 is 5.84. The smallest absolute Gasteiger partial charge is 0.320 e. The van der Waals surface area contributed by atoms with Crippen molar-refractivity contribution in [3.8, 4) is 5.69 Å². The maximum absolute atomic E-state index is 14.7. The number of rotatable bonds is 6. The average molecular weight is 458 g/mol. The van der Waals surface area contributed by atoms with E-state index in [-0.39, 0.29) is 18.7 Å². The average Bonchev–Trinajstić information content (AvgIpc) is 3.31. The summed E-state index contributed by atoms with van der Waals surface area (Å²) in [6, 6.07) is 12.0. The summed E-state index contributed by atoms with van der Waals surface area (Å²) in [5.41, 5.74) is 0.456. The Morgan fingerprint density at radius 2 is 1.97 bits per heavy atom. The van der Waals surface area contributed by atoms with Gasteiger partial charge in [0, 0.05) is 41.2 Å². The molecule has 0 unspecified atom stereocenters. The van der Waals surface area contributed by atoms with Crippen LogP contribution in [0.15, 0.2) is 54.7 Å². The Morgan fingerprint density at radius 3 is 2.56 bits per heavy atom. The number of hydrogen-bond donors (Lipinski definition) is 4. The van der Waals surface area contributed by atoms with Crippen LogP contribution in [-0.2, 0) is 4.79 Å². The third-order valence-electron chi connectivity index (χ3n) is 5.45. The second kappa shape index (κ2) is 8.60. The Kier molecular flexibility index (Phi) is 5.86. The Morgan fingerprint density at radius 1 is 1.22 bits per heavy atom. The zero-order valence-corrected chi connectivity index (χ0v) is 17.9. The van der Waals surface area contributed by atoms with Crippen molar-refractivity contribution in [2.24, 2.45) is 5.92 Å². The van der Waals surface area contributed by atoms with Gasteiger partial charge in [0.15, 0.2) is 0 Å². The van der Waals surface area contributed by atoms with Crippen molar-refractivity contribution in [1.29, 1.82) is 0 Å². The zero-order valence-electron chi connectivity index (χ0n) is 17.1. The van der Waals surface area contributed by atoms with Crippen LogP contribution in [0, 0.1) is 18.7 Å². The number of carbonyl (C=O) groups excluding carboxylic acids is 2. The molecule has 8 nitrogen and oxygen atoms in total. The minimum atomic E-state index is -1.34. The van der Waals surface area contributed by atoms with E-state index in [1.54, 1.807) is 47.3 Å². The fraction of sp³-hybridized carbons (Fsp3) is 0.227.